The SMILES string of the molecule is C.Cc1cc(=O)c(N)c[nH]1.Cc1cc2oc(N)nc2cn1.N=C(n1ccnc1)n1ccnc1. The van der Waals surface area contributed by atoms with Gasteiger partial charge in [0.15, 0.2) is 5.58 Å². The van der Waals surface area contributed by atoms with Crippen molar-refractivity contribution in [2.75, 3.05) is 11.5 Å². The van der Waals surface area contributed by atoms with Gasteiger partial charge < -0.3 is 20.9 Å². The van der Waals surface area contributed by atoms with E-state index in [4.69, 9.17) is 21.3 Å². The van der Waals surface area contributed by atoms with Crippen LogP contribution in [-0.4, -0.2) is 40.0 Å². The highest BCUT2D eigenvalue weighted by Crippen LogP contribution is 2.15. The van der Waals surface area contributed by atoms with Crippen molar-refractivity contribution >= 4 is 28.8 Å². The summed E-state index contributed by atoms with van der Waals surface area (Å²) in [5.74, 6) is 0.310. The molecular formula is C21H26N10O2. The largest absolute Gasteiger partial charge is 0.424 e. The summed E-state index contributed by atoms with van der Waals surface area (Å²) < 4.78 is 8.27. The predicted octanol–water partition coefficient (Wildman–Crippen LogP) is 2.43. The van der Waals surface area contributed by atoms with Gasteiger partial charge in [0.25, 0.3) is 6.01 Å². The summed E-state index contributed by atoms with van der Waals surface area (Å²) >= 11 is 0. The number of fused-ring (bicyclic) bond motifs is 1. The highest BCUT2D eigenvalue weighted by molar-refractivity contribution is 5.81. The molecule has 0 aliphatic rings. The summed E-state index contributed by atoms with van der Waals surface area (Å²) in [6.45, 7) is 3.69. The Morgan fingerprint density at radius 3 is 2.24 bits per heavy atom. The number of H-pyrrole nitrogens is 1. The van der Waals surface area contributed by atoms with Crippen molar-refractivity contribution in [3.05, 3.63) is 83.6 Å². The second kappa shape index (κ2) is 11.0. The Kier molecular flexibility index (Phi) is 8.21. The lowest BCUT2D eigenvalue weighted by Gasteiger charge is -2.02. The molecule has 0 saturated heterocycles. The van der Waals surface area contributed by atoms with Crippen molar-refractivity contribution in [3.63, 3.8) is 0 Å². The van der Waals surface area contributed by atoms with Crippen LogP contribution in [0.1, 0.15) is 18.8 Å². The molecule has 0 spiro atoms. The van der Waals surface area contributed by atoms with Crippen LogP contribution >= 0.6 is 0 Å². The molecule has 5 aromatic rings. The summed E-state index contributed by atoms with van der Waals surface area (Å²) in [5.41, 5.74) is 13.8. The van der Waals surface area contributed by atoms with Gasteiger partial charge in [-0.1, -0.05) is 7.43 Å². The zero-order chi connectivity index (χ0) is 23.1. The van der Waals surface area contributed by atoms with E-state index in [1.165, 1.54) is 12.3 Å². The van der Waals surface area contributed by atoms with Crippen LogP contribution in [0.5, 0.6) is 0 Å². The summed E-state index contributed by atoms with van der Waals surface area (Å²) in [6.07, 6.45) is 13.0. The first-order valence-electron chi connectivity index (χ1n) is 9.32. The van der Waals surface area contributed by atoms with E-state index in [-0.39, 0.29) is 24.6 Å². The zero-order valence-corrected chi connectivity index (χ0v) is 17.4. The molecule has 5 aromatic heterocycles. The lowest BCUT2D eigenvalue weighted by atomic mass is 10.3. The number of nitrogens with zero attached hydrogens (tertiary/aromatic N) is 6. The number of aryl methyl sites for hydroxylation is 2. The Morgan fingerprint density at radius 2 is 1.73 bits per heavy atom. The Hall–Kier alpha value is -4.74. The van der Waals surface area contributed by atoms with Gasteiger partial charge in [0, 0.05) is 54.5 Å². The molecular weight excluding hydrogens is 424 g/mol. The molecule has 0 aromatic carbocycles. The lowest BCUT2D eigenvalue weighted by molar-refractivity contribution is 0.625. The van der Waals surface area contributed by atoms with E-state index >= 15 is 0 Å². The fraction of sp³-hybridized carbons (Fsp3) is 0.143. The van der Waals surface area contributed by atoms with Crippen LogP contribution in [0.15, 0.2) is 71.2 Å². The van der Waals surface area contributed by atoms with Crippen LogP contribution in [0.4, 0.5) is 11.7 Å². The molecule has 33 heavy (non-hydrogen) atoms. The van der Waals surface area contributed by atoms with E-state index in [2.05, 4.69) is 24.9 Å². The smallest absolute Gasteiger partial charge is 0.293 e. The number of aromatic nitrogens is 7. The minimum absolute atomic E-state index is 0. The second-order valence-electron chi connectivity index (χ2n) is 6.54. The number of oxazole rings is 1. The number of pyridine rings is 2. The van der Waals surface area contributed by atoms with E-state index in [9.17, 15) is 4.79 Å². The minimum atomic E-state index is -0.119. The Balaban J connectivity index is 0.000000174. The molecule has 12 heteroatoms. The fourth-order valence-corrected chi connectivity index (χ4v) is 2.43. The van der Waals surface area contributed by atoms with Gasteiger partial charge in [-0.15, -0.1) is 0 Å². The van der Waals surface area contributed by atoms with E-state index in [0.717, 1.165) is 11.4 Å². The standard InChI is InChI=1S/C7H7N5.C7H7N3O.C6H8N2O.CH4/c8-7(11-3-1-9-5-11)12-4-2-10-6-12;1-4-2-6-5(3-9-4)10-7(8)11-6;1-4-2-6(9)5(7)3-8-4;/h1-6,8H;2-3H,1H3,(H2,8,10);2-3H,7H2,1H3,(H,8,9);1H4. The average Bonchev–Trinajstić information content (AvgIpc) is 3.52. The normalized spacial score (nSPS) is 9.76. The van der Waals surface area contributed by atoms with Crippen molar-refractivity contribution in [3.8, 4) is 0 Å². The third-order valence-electron chi connectivity index (χ3n) is 4.01. The van der Waals surface area contributed by atoms with Crippen LogP contribution in [0.2, 0.25) is 0 Å². The summed E-state index contributed by atoms with van der Waals surface area (Å²) in [7, 11) is 0. The Morgan fingerprint density at radius 1 is 1.09 bits per heavy atom. The first kappa shape index (κ1) is 24.5. The summed E-state index contributed by atoms with van der Waals surface area (Å²) in [4.78, 5) is 29.1. The minimum Gasteiger partial charge on any atom is -0.424 e. The maximum absolute atomic E-state index is 10.7. The molecule has 0 aliphatic heterocycles. The highest BCUT2D eigenvalue weighted by Gasteiger charge is 2.01. The van der Waals surface area contributed by atoms with Crippen molar-refractivity contribution < 1.29 is 4.42 Å². The predicted molar refractivity (Wildman–Crippen MR) is 127 cm³/mol. The number of hydrogen-bond donors (Lipinski definition) is 4. The summed E-state index contributed by atoms with van der Waals surface area (Å²) in [6, 6.07) is 3.46. The van der Waals surface area contributed by atoms with Crippen molar-refractivity contribution in [1.82, 2.24) is 34.1 Å². The molecule has 0 radical (unpaired) electrons. The first-order chi connectivity index (χ1) is 15.3. The van der Waals surface area contributed by atoms with Gasteiger partial charge in [0.05, 0.1) is 11.9 Å². The number of nitrogen functional groups attached to an aromatic ring is 2. The molecule has 0 bridgehead atoms. The van der Waals surface area contributed by atoms with Crippen LogP contribution in [0.3, 0.4) is 0 Å². The molecule has 172 valence electrons. The third kappa shape index (κ3) is 6.62. The van der Waals surface area contributed by atoms with Gasteiger partial charge in [-0.05, 0) is 13.8 Å². The van der Waals surface area contributed by atoms with Gasteiger partial charge >= 0.3 is 0 Å². The maximum Gasteiger partial charge on any atom is 0.293 e. The van der Waals surface area contributed by atoms with Crippen LogP contribution in [0.25, 0.3) is 11.1 Å². The van der Waals surface area contributed by atoms with Gasteiger partial charge in [-0.3, -0.25) is 24.3 Å². The van der Waals surface area contributed by atoms with Crippen molar-refractivity contribution in [2.24, 2.45) is 0 Å². The van der Waals surface area contributed by atoms with Gasteiger partial charge in [0.1, 0.15) is 18.2 Å². The number of imidazole rings is 2. The second-order valence-corrected chi connectivity index (χ2v) is 6.54. The molecule has 6 N–H and O–H groups in total. The van der Waals surface area contributed by atoms with Crippen LogP contribution in [-0.2, 0) is 0 Å². The van der Waals surface area contributed by atoms with Crippen molar-refractivity contribution in [1.29, 1.82) is 5.41 Å². The molecule has 5 rings (SSSR count). The van der Waals surface area contributed by atoms with Gasteiger partial charge in [0.2, 0.25) is 11.4 Å². The molecule has 0 amide bonds. The molecule has 0 saturated carbocycles. The monoisotopic (exact) mass is 450 g/mol. The number of nitrogens with one attached hydrogen (secondary N) is 2. The lowest BCUT2D eigenvalue weighted by Crippen LogP contribution is -2.16. The first-order valence-corrected chi connectivity index (χ1v) is 9.32. The highest BCUT2D eigenvalue weighted by atomic mass is 16.4. The molecule has 0 unspecified atom stereocenters. The van der Waals surface area contributed by atoms with E-state index in [1.807, 2.05) is 6.92 Å². The topological polar surface area (TPSA) is 183 Å². The van der Waals surface area contributed by atoms with Gasteiger partial charge in [-0.25, -0.2) is 9.97 Å². The van der Waals surface area contributed by atoms with E-state index in [0.29, 0.717) is 17.1 Å². The fourth-order valence-electron chi connectivity index (χ4n) is 2.43. The quantitative estimate of drug-likeness (QED) is 0.205. The zero-order valence-electron chi connectivity index (χ0n) is 17.4. The molecule has 5 heterocycles. The molecule has 0 atom stereocenters. The Labute approximate surface area is 189 Å². The Bertz CT molecular complexity index is 1320. The number of hydrogen-bond acceptors (Lipinski definition) is 9. The molecule has 0 aliphatic carbocycles. The van der Waals surface area contributed by atoms with Gasteiger partial charge in [-0.2, -0.15) is 4.98 Å². The number of anilines is 2. The number of nitrogens with two attached hydrogens (primary N) is 2. The number of rotatable bonds is 0. The molecule has 12 nitrogen and oxygen atoms in total. The van der Waals surface area contributed by atoms with E-state index < -0.39 is 0 Å². The number of aromatic amines is 1. The molecule has 0 fully saturated rings. The average molecular weight is 451 g/mol. The van der Waals surface area contributed by atoms with Crippen LogP contribution in [0, 0.1) is 19.3 Å². The van der Waals surface area contributed by atoms with E-state index in [1.54, 1.807) is 65.8 Å². The van der Waals surface area contributed by atoms with Crippen LogP contribution < -0.4 is 16.9 Å². The maximum atomic E-state index is 10.7. The summed E-state index contributed by atoms with van der Waals surface area (Å²) in [5, 5.41) is 7.65. The third-order valence-corrected chi connectivity index (χ3v) is 4.01. The van der Waals surface area contributed by atoms with Crippen molar-refractivity contribution in [2.45, 2.75) is 21.3 Å².